The lowest BCUT2D eigenvalue weighted by atomic mass is 10.3. The predicted octanol–water partition coefficient (Wildman–Crippen LogP) is -0.476. The topological polar surface area (TPSA) is 73.2 Å². The van der Waals surface area contributed by atoms with Crippen LogP contribution >= 0.6 is 0 Å². The highest BCUT2D eigenvalue weighted by atomic mass is 32.2. The van der Waals surface area contributed by atoms with E-state index in [2.05, 4.69) is 5.32 Å². The van der Waals surface area contributed by atoms with Gasteiger partial charge in [0.1, 0.15) is 0 Å². The number of rotatable bonds is 4. The zero-order chi connectivity index (χ0) is 10.6. The van der Waals surface area contributed by atoms with E-state index in [9.17, 15) is 8.42 Å². The van der Waals surface area contributed by atoms with Crippen LogP contribution in [0.25, 0.3) is 0 Å². The van der Waals surface area contributed by atoms with Crippen molar-refractivity contribution in [2.24, 2.45) is 0 Å². The van der Waals surface area contributed by atoms with Crippen LogP contribution in [-0.4, -0.2) is 44.2 Å². The van der Waals surface area contributed by atoms with E-state index in [4.69, 9.17) is 5.26 Å². The van der Waals surface area contributed by atoms with E-state index in [1.54, 1.807) is 13.0 Å². The minimum absolute atomic E-state index is 0.0262. The Kier molecular flexibility index (Phi) is 3.86. The molecule has 1 N–H and O–H groups in total. The van der Waals surface area contributed by atoms with Gasteiger partial charge in [-0.1, -0.05) is 6.92 Å². The number of nitriles is 1. The third-order valence-electron chi connectivity index (χ3n) is 2.36. The van der Waals surface area contributed by atoms with E-state index in [1.165, 1.54) is 4.31 Å². The van der Waals surface area contributed by atoms with Gasteiger partial charge >= 0.3 is 0 Å². The summed E-state index contributed by atoms with van der Waals surface area (Å²) in [4.78, 5) is 0. The molecule has 0 aromatic carbocycles. The fourth-order valence-corrected chi connectivity index (χ4v) is 3.09. The highest BCUT2D eigenvalue weighted by molar-refractivity contribution is 7.89. The Morgan fingerprint density at radius 3 is 2.79 bits per heavy atom. The number of nitrogens with one attached hydrogen (secondary N) is 1. The van der Waals surface area contributed by atoms with Gasteiger partial charge in [0.05, 0.1) is 6.07 Å². The molecule has 0 spiro atoms. The maximum Gasteiger partial charge on any atom is 0.227 e. The minimum Gasteiger partial charge on any atom is -0.315 e. The van der Waals surface area contributed by atoms with Crippen LogP contribution in [0.2, 0.25) is 0 Å². The molecule has 0 radical (unpaired) electrons. The van der Waals surface area contributed by atoms with E-state index in [1.807, 2.05) is 0 Å². The van der Waals surface area contributed by atoms with Gasteiger partial charge in [0.15, 0.2) is 5.75 Å². The van der Waals surface area contributed by atoms with Crippen molar-refractivity contribution in [1.82, 2.24) is 9.62 Å². The van der Waals surface area contributed by atoms with Crippen molar-refractivity contribution in [3.63, 3.8) is 0 Å². The van der Waals surface area contributed by atoms with Crippen LogP contribution in [0.1, 0.15) is 13.3 Å². The molecule has 5 nitrogen and oxygen atoms in total. The Morgan fingerprint density at radius 1 is 1.64 bits per heavy atom. The van der Waals surface area contributed by atoms with Crippen LogP contribution in [-0.2, 0) is 10.0 Å². The first-order valence-electron chi connectivity index (χ1n) is 4.69. The molecule has 1 aliphatic heterocycles. The normalized spacial score (nSPS) is 22.5. The van der Waals surface area contributed by atoms with Gasteiger partial charge in [0.25, 0.3) is 0 Å². The first-order chi connectivity index (χ1) is 6.61. The number of likely N-dealkylation sites (N-methyl/N-ethyl adjacent to an activating group) is 1. The van der Waals surface area contributed by atoms with Gasteiger partial charge in [0.2, 0.25) is 10.0 Å². The molecule has 1 fully saturated rings. The standard InChI is InChI=1S/C8H15N3O2S/c1-2-11(8-3-5-10-7-8)14(12,13)6-4-9/h8,10H,2-3,5-7H2,1H3. The number of hydrogen-bond acceptors (Lipinski definition) is 4. The zero-order valence-corrected chi connectivity index (χ0v) is 9.05. The molecule has 14 heavy (non-hydrogen) atoms. The third kappa shape index (κ3) is 2.44. The SMILES string of the molecule is CCN(C1CCNC1)S(=O)(=O)CC#N. The molecule has 0 aromatic rings. The Bertz CT molecular complexity index is 314. The fraction of sp³-hybridized carbons (Fsp3) is 0.875. The summed E-state index contributed by atoms with van der Waals surface area (Å²) in [6.07, 6.45) is 0.832. The summed E-state index contributed by atoms with van der Waals surface area (Å²) < 4.78 is 24.7. The summed E-state index contributed by atoms with van der Waals surface area (Å²) in [7, 11) is -3.37. The van der Waals surface area contributed by atoms with E-state index >= 15 is 0 Å². The number of nitrogens with zero attached hydrogens (tertiary/aromatic N) is 2. The summed E-state index contributed by atoms with van der Waals surface area (Å²) >= 11 is 0. The Hall–Kier alpha value is -0.640. The lowest BCUT2D eigenvalue weighted by Gasteiger charge is -2.24. The fourth-order valence-electron chi connectivity index (χ4n) is 1.73. The summed E-state index contributed by atoms with van der Waals surface area (Å²) in [6.45, 7) is 3.78. The number of sulfonamides is 1. The molecule has 6 heteroatoms. The van der Waals surface area contributed by atoms with Crippen LogP contribution < -0.4 is 5.32 Å². The van der Waals surface area contributed by atoms with Crippen molar-refractivity contribution in [3.05, 3.63) is 0 Å². The predicted molar refractivity (Wildman–Crippen MR) is 53.1 cm³/mol. The minimum atomic E-state index is -3.37. The monoisotopic (exact) mass is 217 g/mol. The molecule has 0 aliphatic carbocycles. The van der Waals surface area contributed by atoms with Crippen LogP contribution in [0.15, 0.2) is 0 Å². The van der Waals surface area contributed by atoms with E-state index in [-0.39, 0.29) is 6.04 Å². The first-order valence-corrected chi connectivity index (χ1v) is 6.30. The second-order valence-corrected chi connectivity index (χ2v) is 5.19. The second-order valence-electron chi connectivity index (χ2n) is 3.26. The lowest BCUT2D eigenvalue weighted by molar-refractivity contribution is 0.350. The zero-order valence-electron chi connectivity index (χ0n) is 8.23. The van der Waals surface area contributed by atoms with Crippen molar-refractivity contribution >= 4 is 10.0 Å². The third-order valence-corrected chi connectivity index (χ3v) is 4.12. The summed E-state index contributed by atoms with van der Waals surface area (Å²) in [6, 6.07) is 1.72. The van der Waals surface area contributed by atoms with Crippen molar-refractivity contribution in [1.29, 1.82) is 5.26 Å². The Morgan fingerprint density at radius 2 is 2.36 bits per heavy atom. The molecule has 1 unspecified atom stereocenters. The second kappa shape index (κ2) is 4.73. The molecule has 80 valence electrons. The largest absolute Gasteiger partial charge is 0.315 e. The maximum atomic E-state index is 11.6. The summed E-state index contributed by atoms with van der Waals surface area (Å²) in [5.41, 5.74) is 0. The van der Waals surface area contributed by atoms with Crippen molar-refractivity contribution in [3.8, 4) is 6.07 Å². The Labute approximate surface area is 84.8 Å². The average Bonchev–Trinajstić information content (AvgIpc) is 2.57. The van der Waals surface area contributed by atoms with Crippen LogP contribution in [0.4, 0.5) is 0 Å². The molecule has 1 rings (SSSR count). The molecular weight excluding hydrogens is 202 g/mol. The van der Waals surface area contributed by atoms with Gasteiger partial charge in [-0.2, -0.15) is 9.57 Å². The molecule has 0 saturated carbocycles. The molecule has 1 atom stereocenters. The molecule has 1 aliphatic rings. The van der Waals surface area contributed by atoms with Crippen LogP contribution in [0, 0.1) is 11.3 Å². The highest BCUT2D eigenvalue weighted by Crippen LogP contribution is 2.13. The quantitative estimate of drug-likeness (QED) is 0.690. The van der Waals surface area contributed by atoms with Crippen molar-refractivity contribution < 1.29 is 8.42 Å². The first kappa shape index (κ1) is 11.4. The van der Waals surface area contributed by atoms with E-state index in [0.717, 1.165) is 13.0 Å². The van der Waals surface area contributed by atoms with Gasteiger partial charge in [-0.25, -0.2) is 8.42 Å². The van der Waals surface area contributed by atoms with Gasteiger partial charge < -0.3 is 5.32 Å². The molecule has 0 aromatic heterocycles. The maximum absolute atomic E-state index is 11.6. The average molecular weight is 217 g/mol. The lowest BCUT2D eigenvalue weighted by Crippen LogP contribution is -2.42. The van der Waals surface area contributed by atoms with Crippen molar-refractivity contribution in [2.75, 3.05) is 25.4 Å². The highest BCUT2D eigenvalue weighted by Gasteiger charge is 2.30. The van der Waals surface area contributed by atoms with Crippen molar-refractivity contribution in [2.45, 2.75) is 19.4 Å². The summed E-state index contributed by atoms with van der Waals surface area (Å²) in [5, 5.41) is 11.5. The van der Waals surface area contributed by atoms with E-state index < -0.39 is 15.8 Å². The van der Waals surface area contributed by atoms with Gasteiger partial charge in [0, 0.05) is 19.1 Å². The van der Waals surface area contributed by atoms with Crippen LogP contribution in [0.5, 0.6) is 0 Å². The molecule has 1 saturated heterocycles. The van der Waals surface area contributed by atoms with Gasteiger partial charge in [-0.15, -0.1) is 0 Å². The summed E-state index contributed by atoms with van der Waals surface area (Å²) in [5.74, 6) is -0.419. The molecule has 0 amide bonds. The molecular formula is C8H15N3O2S. The molecule has 0 bridgehead atoms. The van der Waals surface area contributed by atoms with Crippen LogP contribution in [0.3, 0.4) is 0 Å². The van der Waals surface area contributed by atoms with Gasteiger partial charge in [-0.3, -0.25) is 0 Å². The molecule has 1 heterocycles. The van der Waals surface area contributed by atoms with Gasteiger partial charge in [-0.05, 0) is 13.0 Å². The van der Waals surface area contributed by atoms with E-state index in [0.29, 0.717) is 13.1 Å². The smallest absolute Gasteiger partial charge is 0.227 e. The number of hydrogen-bond donors (Lipinski definition) is 1. The Balaban J connectivity index is 2.75.